The summed E-state index contributed by atoms with van der Waals surface area (Å²) in [4.78, 5) is 18.4. The van der Waals surface area contributed by atoms with Crippen molar-refractivity contribution >= 4 is 17.3 Å². The number of imidazole rings is 1. The maximum Gasteiger partial charge on any atom is 0.253 e. The second kappa shape index (κ2) is 5.64. The van der Waals surface area contributed by atoms with E-state index in [2.05, 4.69) is 10.3 Å². The van der Waals surface area contributed by atoms with Gasteiger partial charge >= 0.3 is 0 Å². The Balaban J connectivity index is 2.16. The lowest BCUT2D eigenvalue weighted by atomic mass is 10.1. The lowest BCUT2D eigenvalue weighted by Crippen LogP contribution is -2.26. The number of amides is 1. The molecule has 2 aromatic rings. The van der Waals surface area contributed by atoms with Crippen molar-refractivity contribution in [1.82, 2.24) is 14.9 Å². The molecule has 1 heterocycles. The van der Waals surface area contributed by atoms with Crippen molar-refractivity contribution in [2.75, 3.05) is 24.7 Å². The molecule has 0 atom stereocenters. The van der Waals surface area contributed by atoms with Crippen LogP contribution in [0, 0.1) is 0 Å². The molecule has 0 bridgehead atoms. The molecule has 0 saturated heterocycles. The number of carbonyl (C=O) groups is 1. The number of aryl methyl sites for hydroxylation is 1. The summed E-state index contributed by atoms with van der Waals surface area (Å²) >= 11 is 0. The highest BCUT2D eigenvalue weighted by Crippen LogP contribution is 2.21. The largest absolute Gasteiger partial charge is 0.399 e. The SMILES string of the molecule is CN(C)c1ccc(N)cc1C(=O)NCc1nccn1C. The molecular weight excluding hydrogens is 254 g/mol. The van der Waals surface area contributed by atoms with E-state index in [9.17, 15) is 4.79 Å². The number of nitrogens with zero attached hydrogens (tertiary/aromatic N) is 3. The van der Waals surface area contributed by atoms with Crippen molar-refractivity contribution < 1.29 is 4.79 Å². The Morgan fingerprint density at radius 2 is 2.20 bits per heavy atom. The van der Waals surface area contributed by atoms with Gasteiger partial charge in [-0.25, -0.2) is 4.98 Å². The van der Waals surface area contributed by atoms with E-state index in [4.69, 9.17) is 5.73 Å². The molecule has 20 heavy (non-hydrogen) atoms. The first-order chi connectivity index (χ1) is 9.49. The number of hydrogen-bond donors (Lipinski definition) is 2. The van der Waals surface area contributed by atoms with Gasteiger partial charge in [0.15, 0.2) is 0 Å². The Bertz CT molecular complexity index is 618. The zero-order valence-electron chi connectivity index (χ0n) is 11.9. The highest BCUT2D eigenvalue weighted by atomic mass is 16.1. The van der Waals surface area contributed by atoms with Crippen LogP contribution < -0.4 is 16.0 Å². The molecule has 0 radical (unpaired) electrons. The third-order valence-corrected chi connectivity index (χ3v) is 3.08. The Labute approximate surface area is 118 Å². The van der Waals surface area contributed by atoms with Gasteiger partial charge in [-0.2, -0.15) is 0 Å². The molecule has 0 unspecified atom stereocenters. The van der Waals surface area contributed by atoms with Gasteiger partial charge in [0, 0.05) is 44.9 Å². The molecule has 6 nitrogen and oxygen atoms in total. The highest BCUT2D eigenvalue weighted by Gasteiger charge is 2.13. The summed E-state index contributed by atoms with van der Waals surface area (Å²) in [7, 11) is 5.67. The summed E-state index contributed by atoms with van der Waals surface area (Å²) in [6, 6.07) is 5.30. The van der Waals surface area contributed by atoms with Crippen LogP contribution >= 0.6 is 0 Å². The van der Waals surface area contributed by atoms with Crippen molar-refractivity contribution in [1.29, 1.82) is 0 Å². The van der Waals surface area contributed by atoms with Gasteiger partial charge in [0.1, 0.15) is 5.82 Å². The van der Waals surface area contributed by atoms with Crippen LogP contribution in [-0.2, 0) is 13.6 Å². The second-order valence-electron chi connectivity index (χ2n) is 4.81. The topological polar surface area (TPSA) is 76.2 Å². The predicted octanol–water partition coefficient (Wildman–Crippen LogP) is 0.998. The monoisotopic (exact) mass is 273 g/mol. The smallest absolute Gasteiger partial charge is 0.253 e. The van der Waals surface area contributed by atoms with Gasteiger partial charge in [-0.15, -0.1) is 0 Å². The molecule has 2 rings (SSSR count). The van der Waals surface area contributed by atoms with Crippen LogP contribution in [0.4, 0.5) is 11.4 Å². The van der Waals surface area contributed by atoms with Crippen LogP contribution in [0.3, 0.4) is 0 Å². The minimum atomic E-state index is -0.163. The van der Waals surface area contributed by atoms with Crippen LogP contribution in [0.1, 0.15) is 16.2 Å². The average molecular weight is 273 g/mol. The fourth-order valence-electron chi connectivity index (χ4n) is 1.95. The van der Waals surface area contributed by atoms with Crippen LogP contribution in [0.15, 0.2) is 30.6 Å². The Morgan fingerprint density at radius 1 is 1.45 bits per heavy atom. The number of carbonyl (C=O) groups excluding carboxylic acids is 1. The predicted molar refractivity (Wildman–Crippen MR) is 79.6 cm³/mol. The number of benzene rings is 1. The third-order valence-electron chi connectivity index (χ3n) is 3.08. The lowest BCUT2D eigenvalue weighted by molar-refractivity contribution is 0.0950. The molecule has 0 saturated carbocycles. The number of hydrogen-bond acceptors (Lipinski definition) is 4. The fraction of sp³-hybridized carbons (Fsp3) is 0.286. The Kier molecular flexibility index (Phi) is 3.93. The molecule has 0 aliphatic carbocycles. The maximum atomic E-state index is 12.3. The molecule has 0 aliphatic rings. The molecule has 106 valence electrons. The van der Waals surface area contributed by atoms with E-state index in [1.54, 1.807) is 18.3 Å². The minimum Gasteiger partial charge on any atom is -0.399 e. The van der Waals surface area contributed by atoms with Crippen LogP contribution in [0.2, 0.25) is 0 Å². The number of nitrogens with two attached hydrogens (primary N) is 1. The second-order valence-corrected chi connectivity index (χ2v) is 4.81. The van der Waals surface area contributed by atoms with Crippen LogP contribution in [0.25, 0.3) is 0 Å². The third kappa shape index (κ3) is 2.90. The molecule has 3 N–H and O–H groups in total. The van der Waals surface area contributed by atoms with Crippen LogP contribution in [-0.4, -0.2) is 29.6 Å². The highest BCUT2D eigenvalue weighted by molar-refractivity contribution is 6.00. The molecule has 0 aliphatic heterocycles. The number of nitrogens with one attached hydrogen (secondary N) is 1. The summed E-state index contributed by atoms with van der Waals surface area (Å²) < 4.78 is 1.87. The van der Waals surface area contributed by atoms with E-state index in [-0.39, 0.29) is 5.91 Å². The lowest BCUT2D eigenvalue weighted by Gasteiger charge is -2.17. The van der Waals surface area contributed by atoms with E-state index in [1.165, 1.54) is 0 Å². The first-order valence-electron chi connectivity index (χ1n) is 6.30. The summed E-state index contributed by atoms with van der Waals surface area (Å²) in [6.45, 7) is 0.379. The summed E-state index contributed by atoms with van der Waals surface area (Å²) in [6.07, 6.45) is 3.54. The maximum absolute atomic E-state index is 12.3. The van der Waals surface area contributed by atoms with Gasteiger partial charge in [0.25, 0.3) is 5.91 Å². The quantitative estimate of drug-likeness (QED) is 0.815. The molecule has 0 spiro atoms. The van der Waals surface area contributed by atoms with Gasteiger partial charge in [0.05, 0.1) is 12.1 Å². The number of aromatic nitrogens is 2. The molecule has 6 heteroatoms. The van der Waals surface area contributed by atoms with E-state index < -0.39 is 0 Å². The van der Waals surface area contributed by atoms with Crippen molar-refractivity contribution in [3.8, 4) is 0 Å². The summed E-state index contributed by atoms with van der Waals surface area (Å²) in [5.41, 5.74) is 7.72. The average Bonchev–Trinajstić information content (AvgIpc) is 2.81. The van der Waals surface area contributed by atoms with Gasteiger partial charge in [-0.3, -0.25) is 4.79 Å². The number of rotatable bonds is 4. The van der Waals surface area contributed by atoms with Gasteiger partial charge in [0.2, 0.25) is 0 Å². The van der Waals surface area contributed by atoms with Crippen LogP contribution in [0.5, 0.6) is 0 Å². The van der Waals surface area contributed by atoms with Gasteiger partial charge in [-0.1, -0.05) is 0 Å². The zero-order valence-corrected chi connectivity index (χ0v) is 11.9. The molecule has 1 amide bonds. The van der Waals surface area contributed by atoms with Crippen molar-refractivity contribution in [2.45, 2.75) is 6.54 Å². The number of nitrogen functional groups attached to an aromatic ring is 1. The van der Waals surface area contributed by atoms with Crippen molar-refractivity contribution in [3.05, 3.63) is 42.0 Å². The standard InChI is InChI=1S/C14H19N5O/c1-18(2)12-5-4-10(15)8-11(12)14(20)17-9-13-16-6-7-19(13)3/h4-8H,9,15H2,1-3H3,(H,17,20). The van der Waals surface area contributed by atoms with Crippen molar-refractivity contribution in [3.63, 3.8) is 0 Å². The Morgan fingerprint density at radius 3 is 2.80 bits per heavy atom. The van der Waals surface area contributed by atoms with E-state index in [0.29, 0.717) is 17.8 Å². The first kappa shape index (κ1) is 13.9. The zero-order chi connectivity index (χ0) is 14.7. The van der Waals surface area contributed by atoms with Gasteiger partial charge < -0.3 is 20.5 Å². The first-order valence-corrected chi connectivity index (χ1v) is 6.30. The summed E-state index contributed by atoms with van der Waals surface area (Å²) in [5, 5.41) is 2.86. The summed E-state index contributed by atoms with van der Waals surface area (Å²) in [5.74, 6) is 0.637. The normalized spacial score (nSPS) is 10.3. The van der Waals surface area contributed by atoms with Gasteiger partial charge in [-0.05, 0) is 18.2 Å². The minimum absolute atomic E-state index is 0.163. The number of anilines is 2. The van der Waals surface area contributed by atoms with E-state index >= 15 is 0 Å². The Hall–Kier alpha value is -2.50. The van der Waals surface area contributed by atoms with Crippen molar-refractivity contribution in [2.24, 2.45) is 7.05 Å². The fourth-order valence-corrected chi connectivity index (χ4v) is 1.95. The molecule has 0 fully saturated rings. The molecule has 1 aromatic heterocycles. The molecule has 1 aromatic carbocycles. The van der Waals surface area contributed by atoms with E-state index in [1.807, 2.05) is 42.9 Å². The molecular formula is C14H19N5O. The van der Waals surface area contributed by atoms with E-state index in [0.717, 1.165) is 11.5 Å².